The van der Waals surface area contributed by atoms with Crippen LogP contribution in [0.1, 0.15) is 12.5 Å². The number of nitrogens with two attached hydrogens (primary N) is 1. The first-order chi connectivity index (χ1) is 12.1. The number of anilines is 1. The van der Waals surface area contributed by atoms with E-state index in [4.69, 9.17) is 5.84 Å². The van der Waals surface area contributed by atoms with Crippen LogP contribution in [-0.2, 0) is 11.2 Å². The van der Waals surface area contributed by atoms with Crippen LogP contribution in [0.3, 0.4) is 0 Å². The molecule has 7 heteroatoms. The maximum atomic E-state index is 12.3. The molecule has 6 nitrogen and oxygen atoms in total. The summed E-state index contributed by atoms with van der Waals surface area (Å²) in [5, 5.41) is 3.65. The number of thioether (sulfide) groups is 1. The SMILES string of the molecule is CCc1ccccc1NC(=O)CSc1nc2ccccc2c(=O)n1N. The number of aryl methyl sites for hydroxylation is 1. The van der Waals surface area contributed by atoms with Crippen molar-refractivity contribution in [3.05, 3.63) is 64.4 Å². The fourth-order valence-corrected chi connectivity index (χ4v) is 3.21. The molecule has 0 atom stereocenters. The van der Waals surface area contributed by atoms with Gasteiger partial charge in [0.25, 0.3) is 5.56 Å². The Balaban J connectivity index is 1.75. The first-order valence-electron chi connectivity index (χ1n) is 7.87. The average Bonchev–Trinajstić information content (AvgIpc) is 2.64. The van der Waals surface area contributed by atoms with Gasteiger partial charge in [0.05, 0.1) is 16.7 Å². The van der Waals surface area contributed by atoms with Crippen LogP contribution in [0.15, 0.2) is 58.5 Å². The molecule has 0 unspecified atom stereocenters. The van der Waals surface area contributed by atoms with Crippen molar-refractivity contribution in [2.75, 3.05) is 16.9 Å². The predicted octanol–water partition coefficient (Wildman–Crippen LogP) is 2.40. The highest BCUT2D eigenvalue weighted by molar-refractivity contribution is 7.99. The zero-order valence-corrected chi connectivity index (χ0v) is 14.5. The third kappa shape index (κ3) is 3.66. The molecule has 0 saturated carbocycles. The number of amides is 1. The van der Waals surface area contributed by atoms with Crippen LogP contribution in [0.4, 0.5) is 5.69 Å². The first kappa shape index (κ1) is 17.0. The quantitative estimate of drug-likeness (QED) is 0.417. The monoisotopic (exact) mass is 354 g/mol. The number of fused-ring (bicyclic) bond motifs is 1. The van der Waals surface area contributed by atoms with Crippen LogP contribution in [0, 0.1) is 0 Å². The second-order valence-electron chi connectivity index (χ2n) is 5.43. The molecule has 0 fully saturated rings. The summed E-state index contributed by atoms with van der Waals surface area (Å²) in [6, 6.07) is 14.7. The van der Waals surface area contributed by atoms with E-state index in [1.54, 1.807) is 24.3 Å². The van der Waals surface area contributed by atoms with Gasteiger partial charge in [-0.3, -0.25) is 9.59 Å². The van der Waals surface area contributed by atoms with E-state index < -0.39 is 0 Å². The molecule has 25 heavy (non-hydrogen) atoms. The molecule has 0 aliphatic carbocycles. The molecule has 0 radical (unpaired) electrons. The number of benzene rings is 2. The van der Waals surface area contributed by atoms with Gasteiger partial charge in [-0.15, -0.1) is 0 Å². The summed E-state index contributed by atoms with van der Waals surface area (Å²) >= 11 is 1.13. The number of carbonyl (C=O) groups is 1. The average molecular weight is 354 g/mol. The van der Waals surface area contributed by atoms with E-state index in [9.17, 15) is 9.59 Å². The molecule has 3 aromatic rings. The fraction of sp³-hybridized carbons (Fsp3) is 0.167. The highest BCUT2D eigenvalue weighted by atomic mass is 32.2. The Bertz CT molecular complexity index is 984. The van der Waals surface area contributed by atoms with Crippen molar-refractivity contribution in [1.82, 2.24) is 9.66 Å². The number of hydrogen-bond acceptors (Lipinski definition) is 5. The maximum absolute atomic E-state index is 12.3. The van der Waals surface area contributed by atoms with E-state index in [0.717, 1.165) is 34.1 Å². The number of nitrogen functional groups attached to an aromatic ring is 1. The summed E-state index contributed by atoms with van der Waals surface area (Å²) < 4.78 is 0.986. The van der Waals surface area contributed by atoms with Gasteiger partial charge in [0.15, 0.2) is 5.16 Å². The van der Waals surface area contributed by atoms with Crippen molar-refractivity contribution < 1.29 is 4.79 Å². The number of rotatable bonds is 5. The second-order valence-corrected chi connectivity index (χ2v) is 6.38. The van der Waals surface area contributed by atoms with Gasteiger partial charge in [-0.1, -0.05) is 49.0 Å². The molecule has 0 spiro atoms. The second kappa shape index (κ2) is 7.40. The predicted molar refractivity (Wildman–Crippen MR) is 101 cm³/mol. The lowest BCUT2D eigenvalue weighted by molar-refractivity contribution is -0.113. The fourth-order valence-electron chi connectivity index (χ4n) is 2.49. The third-order valence-electron chi connectivity index (χ3n) is 3.78. The Morgan fingerprint density at radius 2 is 1.92 bits per heavy atom. The van der Waals surface area contributed by atoms with Gasteiger partial charge in [0.1, 0.15) is 0 Å². The summed E-state index contributed by atoms with van der Waals surface area (Å²) in [4.78, 5) is 28.8. The summed E-state index contributed by atoms with van der Waals surface area (Å²) in [6.45, 7) is 2.03. The summed E-state index contributed by atoms with van der Waals surface area (Å²) in [6.07, 6.45) is 0.832. The highest BCUT2D eigenvalue weighted by Gasteiger charge is 2.12. The minimum absolute atomic E-state index is 0.111. The lowest BCUT2D eigenvalue weighted by atomic mass is 10.1. The number of hydrogen-bond donors (Lipinski definition) is 2. The summed E-state index contributed by atoms with van der Waals surface area (Å²) in [5.74, 6) is 5.76. The normalized spacial score (nSPS) is 10.8. The van der Waals surface area contributed by atoms with Gasteiger partial charge >= 0.3 is 0 Å². The lowest BCUT2D eigenvalue weighted by Gasteiger charge is -2.10. The van der Waals surface area contributed by atoms with E-state index >= 15 is 0 Å². The standard InChI is InChI=1S/C18H18N4O2S/c1-2-12-7-3-5-9-14(12)20-16(23)11-25-18-21-15-10-6-4-8-13(15)17(24)22(18)19/h3-10H,2,11,19H2,1H3,(H,20,23). The van der Waals surface area contributed by atoms with Crippen LogP contribution in [0.5, 0.6) is 0 Å². The molecular weight excluding hydrogens is 336 g/mol. The van der Waals surface area contributed by atoms with Crippen LogP contribution in [-0.4, -0.2) is 21.3 Å². The van der Waals surface area contributed by atoms with E-state index in [2.05, 4.69) is 10.3 Å². The molecule has 128 valence electrons. The van der Waals surface area contributed by atoms with Crippen molar-refractivity contribution in [2.45, 2.75) is 18.5 Å². The van der Waals surface area contributed by atoms with Gasteiger partial charge in [0, 0.05) is 5.69 Å². The van der Waals surface area contributed by atoms with Gasteiger partial charge in [-0.05, 0) is 30.2 Å². The van der Waals surface area contributed by atoms with E-state index in [0.29, 0.717) is 16.1 Å². The Labute approximate surface area is 149 Å². The number of aromatic nitrogens is 2. The highest BCUT2D eigenvalue weighted by Crippen LogP contribution is 2.18. The van der Waals surface area contributed by atoms with Gasteiger partial charge in [-0.2, -0.15) is 0 Å². The molecule has 0 aliphatic heterocycles. The molecule has 3 rings (SSSR count). The Morgan fingerprint density at radius 1 is 1.20 bits per heavy atom. The lowest BCUT2D eigenvalue weighted by Crippen LogP contribution is -2.30. The van der Waals surface area contributed by atoms with E-state index in [1.165, 1.54) is 0 Å². The number of nitrogens with zero attached hydrogens (tertiary/aromatic N) is 2. The summed E-state index contributed by atoms with van der Waals surface area (Å²) in [7, 11) is 0. The molecule has 2 aromatic carbocycles. The van der Waals surface area contributed by atoms with Gasteiger partial charge < -0.3 is 11.2 Å². The molecule has 1 aromatic heterocycles. The molecular formula is C18H18N4O2S. The Hall–Kier alpha value is -2.80. The van der Waals surface area contributed by atoms with Crippen LogP contribution >= 0.6 is 11.8 Å². The zero-order chi connectivity index (χ0) is 17.8. The molecule has 0 aliphatic rings. The van der Waals surface area contributed by atoms with Crippen LogP contribution in [0.25, 0.3) is 10.9 Å². The minimum Gasteiger partial charge on any atom is -0.334 e. The molecule has 1 heterocycles. The molecule has 3 N–H and O–H groups in total. The van der Waals surface area contributed by atoms with Crippen molar-refractivity contribution in [3.63, 3.8) is 0 Å². The zero-order valence-electron chi connectivity index (χ0n) is 13.7. The molecule has 0 bridgehead atoms. The minimum atomic E-state index is -0.329. The topological polar surface area (TPSA) is 90.0 Å². The van der Waals surface area contributed by atoms with Crippen LogP contribution in [0.2, 0.25) is 0 Å². The van der Waals surface area contributed by atoms with Crippen LogP contribution < -0.4 is 16.7 Å². The van der Waals surface area contributed by atoms with E-state index in [1.807, 2.05) is 31.2 Å². The van der Waals surface area contributed by atoms with Crippen molar-refractivity contribution in [2.24, 2.45) is 0 Å². The Morgan fingerprint density at radius 3 is 2.72 bits per heavy atom. The summed E-state index contributed by atoms with van der Waals surface area (Å²) in [5.41, 5.74) is 2.10. The smallest absolute Gasteiger partial charge is 0.280 e. The van der Waals surface area contributed by atoms with Crippen molar-refractivity contribution in [3.8, 4) is 0 Å². The number of carbonyl (C=O) groups excluding carboxylic acids is 1. The van der Waals surface area contributed by atoms with Crippen molar-refractivity contribution in [1.29, 1.82) is 0 Å². The molecule has 0 saturated heterocycles. The maximum Gasteiger partial charge on any atom is 0.280 e. The third-order valence-corrected chi connectivity index (χ3v) is 4.73. The van der Waals surface area contributed by atoms with Crippen molar-refractivity contribution >= 4 is 34.3 Å². The molecule has 1 amide bonds. The largest absolute Gasteiger partial charge is 0.334 e. The number of nitrogens with one attached hydrogen (secondary N) is 1. The number of para-hydroxylation sites is 2. The first-order valence-corrected chi connectivity index (χ1v) is 8.86. The van der Waals surface area contributed by atoms with E-state index in [-0.39, 0.29) is 17.2 Å². The van der Waals surface area contributed by atoms with Gasteiger partial charge in [0.2, 0.25) is 5.91 Å². The Kier molecular flexibility index (Phi) is 5.04. The van der Waals surface area contributed by atoms with Gasteiger partial charge in [-0.25, -0.2) is 9.66 Å².